The zero-order chi connectivity index (χ0) is 50.0. The molecule has 1 atom stereocenters. The fourth-order valence-electron chi connectivity index (χ4n) is 8.75. The van der Waals surface area contributed by atoms with Gasteiger partial charge in [-0.2, -0.15) is 0 Å². The van der Waals surface area contributed by atoms with Gasteiger partial charge < -0.3 is 14.2 Å². The third-order valence-corrected chi connectivity index (χ3v) is 13.3. The monoisotopic (exact) mass is 967 g/mol. The minimum Gasteiger partial charge on any atom is -0.462 e. The molecule has 0 spiro atoms. The molecule has 0 unspecified atom stereocenters. The zero-order valence-electron chi connectivity index (χ0n) is 46.1. The van der Waals surface area contributed by atoms with Crippen molar-refractivity contribution in [2.24, 2.45) is 0 Å². The summed E-state index contributed by atoms with van der Waals surface area (Å²) >= 11 is 0. The first-order valence-electron chi connectivity index (χ1n) is 30.1. The molecule has 0 heterocycles. The van der Waals surface area contributed by atoms with Gasteiger partial charge in [0.2, 0.25) is 0 Å². The van der Waals surface area contributed by atoms with E-state index in [0.29, 0.717) is 25.7 Å². The van der Waals surface area contributed by atoms with Crippen molar-refractivity contribution in [1.82, 2.24) is 0 Å². The minimum atomic E-state index is -0.791. The molecule has 69 heavy (non-hydrogen) atoms. The third kappa shape index (κ3) is 56.2. The molecular formula is C63H114O6. The standard InChI is InChI=1S/C63H114O6/c1-4-7-10-13-16-19-22-25-27-29-30-31-32-34-36-39-41-44-47-50-53-56-62(65)68-59-60(69-63(66)57-54-51-48-45-42-37-24-21-18-15-12-9-6-3)58-67-61(64)55-52-49-46-43-40-38-35-33-28-26-23-20-17-14-11-8-5-2/h25-28,35,38,43,46,60H,4-24,29-34,36-37,39-42,44-45,47-59H2,1-3H3/b27-25-,28-26-,38-35-,46-43-/t60-/m0/s1. The second-order valence-electron chi connectivity index (χ2n) is 20.3. The van der Waals surface area contributed by atoms with E-state index in [1.807, 2.05) is 0 Å². The van der Waals surface area contributed by atoms with E-state index in [4.69, 9.17) is 14.2 Å². The average molecular weight is 968 g/mol. The van der Waals surface area contributed by atoms with E-state index in [-0.39, 0.29) is 31.1 Å². The number of rotatable bonds is 55. The Morgan fingerprint density at radius 3 is 0.884 bits per heavy atom. The van der Waals surface area contributed by atoms with Crippen LogP contribution in [0.2, 0.25) is 0 Å². The smallest absolute Gasteiger partial charge is 0.306 e. The van der Waals surface area contributed by atoms with Crippen molar-refractivity contribution in [3.63, 3.8) is 0 Å². The van der Waals surface area contributed by atoms with Crippen LogP contribution in [-0.4, -0.2) is 37.2 Å². The number of carbonyl (C=O) groups is 3. The van der Waals surface area contributed by atoms with Crippen molar-refractivity contribution >= 4 is 17.9 Å². The Bertz CT molecular complexity index is 1200. The van der Waals surface area contributed by atoms with E-state index >= 15 is 0 Å². The zero-order valence-corrected chi connectivity index (χ0v) is 46.1. The third-order valence-electron chi connectivity index (χ3n) is 13.3. The molecule has 6 nitrogen and oxygen atoms in total. The van der Waals surface area contributed by atoms with Gasteiger partial charge in [-0.3, -0.25) is 14.4 Å². The van der Waals surface area contributed by atoms with Crippen molar-refractivity contribution in [2.75, 3.05) is 13.2 Å². The number of carbonyl (C=O) groups excluding carboxylic acids is 3. The summed E-state index contributed by atoms with van der Waals surface area (Å²) in [6.45, 7) is 6.62. The Morgan fingerprint density at radius 2 is 0.536 bits per heavy atom. The second-order valence-corrected chi connectivity index (χ2v) is 20.3. The molecule has 6 heteroatoms. The molecule has 0 aliphatic carbocycles. The molecule has 0 fully saturated rings. The normalized spacial score (nSPS) is 12.3. The lowest BCUT2D eigenvalue weighted by Crippen LogP contribution is -2.30. The highest BCUT2D eigenvalue weighted by Gasteiger charge is 2.19. The first-order valence-corrected chi connectivity index (χ1v) is 30.1. The largest absolute Gasteiger partial charge is 0.462 e. The quantitative estimate of drug-likeness (QED) is 0.0262. The first-order chi connectivity index (χ1) is 34.0. The number of hydrogen-bond donors (Lipinski definition) is 0. The van der Waals surface area contributed by atoms with Gasteiger partial charge in [0.05, 0.1) is 0 Å². The molecular weight excluding hydrogens is 853 g/mol. The lowest BCUT2D eigenvalue weighted by Gasteiger charge is -2.18. The molecule has 402 valence electrons. The number of ether oxygens (including phenoxy) is 3. The van der Waals surface area contributed by atoms with Gasteiger partial charge in [-0.1, -0.05) is 268 Å². The maximum atomic E-state index is 12.8. The van der Waals surface area contributed by atoms with Crippen LogP contribution in [-0.2, 0) is 28.6 Å². The van der Waals surface area contributed by atoms with Crippen molar-refractivity contribution in [1.29, 1.82) is 0 Å². The lowest BCUT2D eigenvalue weighted by molar-refractivity contribution is -0.167. The van der Waals surface area contributed by atoms with Crippen molar-refractivity contribution in [3.8, 4) is 0 Å². The Kier molecular flexibility index (Phi) is 55.7. The van der Waals surface area contributed by atoms with Gasteiger partial charge in [0.25, 0.3) is 0 Å². The van der Waals surface area contributed by atoms with Gasteiger partial charge in [0.1, 0.15) is 13.2 Å². The van der Waals surface area contributed by atoms with Crippen LogP contribution in [0.4, 0.5) is 0 Å². The Labute approximate surface area is 428 Å². The highest BCUT2D eigenvalue weighted by molar-refractivity contribution is 5.71. The molecule has 0 aromatic heterocycles. The number of unbranched alkanes of at least 4 members (excludes halogenated alkanes) is 36. The fourth-order valence-corrected chi connectivity index (χ4v) is 8.75. The van der Waals surface area contributed by atoms with Crippen LogP contribution in [0.5, 0.6) is 0 Å². The second kappa shape index (κ2) is 57.9. The van der Waals surface area contributed by atoms with Gasteiger partial charge in [-0.25, -0.2) is 0 Å². The molecule has 0 aliphatic rings. The molecule has 0 saturated heterocycles. The summed E-state index contributed by atoms with van der Waals surface area (Å²) in [5.41, 5.74) is 0. The van der Waals surface area contributed by atoms with Gasteiger partial charge >= 0.3 is 17.9 Å². The summed E-state index contributed by atoms with van der Waals surface area (Å²) in [7, 11) is 0. The molecule has 0 radical (unpaired) electrons. The number of hydrogen-bond acceptors (Lipinski definition) is 6. The molecule has 0 aliphatic heterocycles. The van der Waals surface area contributed by atoms with Crippen LogP contribution < -0.4 is 0 Å². The maximum absolute atomic E-state index is 12.8. The van der Waals surface area contributed by atoms with Gasteiger partial charge in [-0.15, -0.1) is 0 Å². The predicted octanol–water partition coefficient (Wildman–Crippen LogP) is 20.2. The van der Waals surface area contributed by atoms with E-state index in [1.165, 1.54) is 212 Å². The Morgan fingerprint density at radius 1 is 0.290 bits per heavy atom. The first kappa shape index (κ1) is 66.4. The van der Waals surface area contributed by atoms with Crippen LogP contribution in [0.1, 0.15) is 316 Å². The molecule has 0 saturated carbocycles. The molecule has 0 rings (SSSR count). The highest BCUT2D eigenvalue weighted by Crippen LogP contribution is 2.16. The summed E-state index contributed by atoms with van der Waals surface area (Å²) in [5.74, 6) is -0.925. The summed E-state index contributed by atoms with van der Waals surface area (Å²) < 4.78 is 16.8. The number of esters is 3. The molecule has 0 bridgehead atoms. The van der Waals surface area contributed by atoms with Gasteiger partial charge in [0, 0.05) is 19.3 Å². The Balaban J connectivity index is 4.35. The SMILES string of the molecule is CCCCCCCC/C=C\C/C=C\C/C=C\CCCC(=O)OC[C@@H](COC(=O)CCCCCCCCCCCCC/C=C\CCCCCCCC)OC(=O)CCCCCCCCCCCCCCC. The molecule has 0 amide bonds. The van der Waals surface area contributed by atoms with E-state index < -0.39 is 6.10 Å². The molecule has 0 N–H and O–H groups in total. The fraction of sp³-hybridized carbons (Fsp3) is 0.825. The van der Waals surface area contributed by atoms with Crippen molar-refractivity contribution < 1.29 is 28.6 Å². The van der Waals surface area contributed by atoms with E-state index in [1.54, 1.807) is 0 Å². The Hall–Kier alpha value is -2.63. The summed E-state index contributed by atoms with van der Waals surface area (Å²) in [4.78, 5) is 38.2. The van der Waals surface area contributed by atoms with E-state index in [0.717, 1.165) is 57.8 Å². The van der Waals surface area contributed by atoms with Crippen molar-refractivity contribution in [2.45, 2.75) is 322 Å². The summed E-state index contributed by atoms with van der Waals surface area (Å²) in [6.07, 6.45) is 71.1. The van der Waals surface area contributed by atoms with Crippen LogP contribution in [0, 0.1) is 0 Å². The molecule has 0 aromatic rings. The summed E-state index contributed by atoms with van der Waals surface area (Å²) in [6, 6.07) is 0. The lowest BCUT2D eigenvalue weighted by atomic mass is 10.0. The molecule has 0 aromatic carbocycles. The van der Waals surface area contributed by atoms with Crippen LogP contribution >= 0.6 is 0 Å². The van der Waals surface area contributed by atoms with Gasteiger partial charge in [0.15, 0.2) is 6.10 Å². The average Bonchev–Trinajstić information content (AvgIpc) is 3.35. The van der Waals surface area contributed by atoms with E-state index in [9.17, 15) is 14.4 Å². The topological polar surface area (TPSA) is 78.9 Å². The van der Waals surface area contributed by atoms with Crippen LogP contribution in [0.3, 0.4) is 0 Å². The van der Waals surface area contributed by atoms with Gasteiger partial charge in [-0.05, 0) is 77.0 Å². The maximum Gasteiger partial charge on any atom is 0.306 e. The minimum absolute atomic E-state index is 0.0857. The van der Waals surface area contributed by atoms with Crippen LogP contribution in [0.15, 0.2) is 48.6 Å². The van der Waals surface area contributed by atoms with E-state index in [2.05, 4.69) is 69.4 Å². The highest BCUT2D eigenvalue weighted by atomic mass is 16.6. The predicted molar refractivity (Wildman–Crippen MR) is 298 cm³/mol. The van der Waals surface area contributed by atoms with Crippen molar-refractivity contribution in [3.05, 3.63) is 48.6 Å². The number of allylic oxidation sites excluding steroid dienone is 8. The van der Waals surface area contributed by atoms with Crippen LogP contribution in [0.25, 0.3) is 0 Å². The summed E-state index contributed by atoms with van der Waals surface area (Å²) in [5, 5.41) is 0.